The monoisotopic (exact) mass is 334 g/mol. The molecule has 2 heterocycles. The number of aliphatic imine (C=N–C) groups is 1. The molecule has 1 aromatic heterocycles. The van der Waals surface area contributed by atoms with Gasteiger partial charge in [-0.2, -0.15) is 0 Å². The average Bonchev–Trinajstić information content (AvgIpc) is 2.64. The van der Waals surface area contributed by atoms with Crippen LogP contribution >= 0.6 is 0 Å². The maximum Gasteiger partial charge on any atom is 0.213 e. The van der Waals surface area contributed by atoms with Crippen LogP contribution in [0.5, 0.6) is 5.88 Å². The van der Waals surface area contributed by atoms with Crippen LogP contribution < -0.4 is 10.1 Å². The number of methoxy groups -OCH3 is 1. The van der Waals surface area contributed by atoms with E-state index in [4.69, 9.17) is 14.5 Å². The maximum absolute atomic E-state index is 5.43. The Morgan fingerprint density at radius 3 is 2.92 bits per heavy atom. The first-order valence-corrected chi connectivity index (χ1v) is 8.80. The molecule has 0 radical (unpaired) electrons. The molecule has 2 rings (SSSR count). The fraction of sp³-hybridized carbons (Fsp3) is 0.667. The molecule has 1 aromatic rings. The van der Waals surface area contributed by atoms with Gasteiger partial charge >= 0.3 is 0 Å². The summed E-state index contributed by atoms with van der Waals surface area (Å²) in [7, 11) is 3.73. The second kappa shape index (κ2) is 10.1. The number of rotatable bonds is 7. The molecule has 1 aliphatic heterocycles. The van der Waals surface area contributed by atoms with Gasteiger partial charge in [0.1, 0.15) is 0 Å². The summed E-state index contributed by atoms with van der Waals surface area (Å²) in [6, 6.07) is 5.76. The van der Waals surface area contributed by atoms with E-state index in [9.17, 15) is 0 Å². The van der Waals surface area contributed by atoms with Crippen molar-refractivity contribution in [2.24, 2.45) is 10.9 Å². The van der Waals surface area contributed by atoms with Gasteiger partial charge in [0.25, 0.3) is 0 Å². The topological polar surface area (TPSA) is 59.0 Å². The van der Waals surface area contributed by atoms with Gasteiger partial charge in [-0.25, -0.2) is 9.98 Å². The Kier molecular flexibility index (Phi) is 7.82. The molecule has 0 atom stereocenters. The Balaban J connectivity index is 1.90. The van der Waals surface area contributed by atoms with Gasteiger partial charge in [-0.1, -0.05) is 6.07 Å². The van der Waals surface area contributed by atoms with Crippen LogP contribution in [0, 0.1) is 5.92 Å². The van der Waals surface area contributed by atoms with E-state index in [0.717, 1.165) is 43.9 Å². The Morgan fingerprint density at radius 1 is 1.42 bits per heavy atom. The average molecular weight is 334 g/mol. The molecule has 134 valence electrons. The van der Waals surface area contributed by atoms with Crippen molar-refractivity contribution in [3.8, 4) is 5.88 Å². The summed E-state index contributed by atoms with van der Waals surface area (Å²) in [6.07, 6.45) is 3.53. The first-order chi connectivity index (χ1) is 11.7. The van der Waals surface area contributed by atoms with Crippen LogP contribution in [-0.2, 0) is 11.3 Å². The Bertz CT molecular complexity index is 515. The predicted octanol–water partition coefficient (Wildman–Crippen LogP) is 2.30. The molecule has 0 spiro atoms. The fourth-order valence-electron chi connectivity index (χ4n) is 2.80. The van der Waals surface area contributed by atoms with Crippen molar-refractivity contribution in [1.29, 1.82) is 0 Å². The lowest BCUT2D eigenvalue weighted by atomic mass is 9.96. The summed E-state index contributed by atoms with van der Waals surface area (Å²) in [4.78, 5) is 11.3. The van der Waals surface area contributed by atoms with Crippen molar-refractivity contribution in [2.45, 2.75) is 32.7 Å². The summed E-state index contributed by atoms with van der Waals surface area (Å²) in [6.45, 7) is 6.30. The minimum atomic E-state index is 0.543. The highest BCUT2D eigenvalue weighted by Crippen LogP contribution is 2.18. The summed E-state index contributed by atoms with van der Waals surface area (Å²) >= 11 is 0. The van der Waals surface area contributed by atoms with E-state index in [1.165, 1.54) is 19.3 Å². The Hall–Kier alpha value is -1.82. The third-order valence-corrected chi connectivity index (χ3v) is 4.29. The van der Waals surface area contributed by atoms with Gasteiger partial charge in [-0.05, 0) is 38.2 Å². The zero-order valence-electron chi connectivity index (χ0n) is 15.1. The number of hydrogen-bond acceptors (Lipinski definition) is 4. The van der Waals surface area contributed by atoms with E-state index < -0.39 is 0 Å². The summed E-state index contributed by atoms with van der Waals surface area (Å²) in [5.74, 6) is 2.32. The van der Waals surface area contributed by atoms with Gasteiger partial charge in [-0.15, -0.1) is 0 Å². The van der Waals surface area contributed by atoms with Gasteiger partial charge in [0.15, 0.2) is 5.96 Å². The van der Waals surface area contributed by atoms with Gasteiger partial charge in [-0.3, -0.25) is 0 Å². The minimum absolute atomic E-state index is 0.543. The molecule has 1 N–H and O–H groups in total. The van der Waals surface area contributed by atoms with E-state index in [2.05, 4.69) is 29.2 Å². The summed E-state index contributed by atoms with van der Waals surface area (Å²) in [5, 5.41) is 3.36. The molecule has 1 saturated heterocycles. The molecule has 1 aliphatic rings. The summed E-state index contributed by atoms with van der Waals surface area (Å²) in [5.41, 5.74) is 0.905. The van der Waals surface area contributed by atoms with Crippen LogP contribution in [0.4, 0.5) is 0 Å². The Labute approximate surface area is 145 Å². The molecule has 0 aliphatic carbocycles. The van der Waals surface area contributed by atoms with Crippen molar-refractivity contribution in [3.05, 3.63) is 23.9 Å². The van der Waals surface area contributed by atoms with E-state index in [1.807, 2.05) is 18.2 Å². The number of nitrogens with zero attached hydrogens (tertiary/aromatic N) is 3. The second-order valence-corrected chi connectivity index (χ2v) is 6.11. The number of nitrogens with one attached hydrogen (secondary N) is 1. The van der Waals surface area contributed by atoms with Crippen LogP contribution in [0.2, 0.25) is 0 Å². The fourth-order valence-corrected chi connectivity index (χ4v) is 2.80. The van der Waals surface area contributed by atoms with Crippen molar-refractivity contribution < 1.29 is 9.47 Å². The van der Waals surface area contributed by atoms with Gasteiger partial charge < -0.3 is 19.7 Å². The third kappa shape index (κ3) is 6.00. The highest BCUT2D eigenvalue weighted by Gasteiger charge is 2.15. The molecule has 24 heavy (non-hydrogen) atoms. The van der Waals surface area contributed by atoms with Crippen molar-refractivity contribution in [3.63, 3.8) is 0 Å². The number of aromatic nitrogens is 1. The molecule has 6 heteroatoms. The van der Waals surface area contributed by atoms with E-state index >= 15 is 0 Å². The van der Waals surface area contributed by atoms with Crippen LogP contribution in [0.1, 0.15) is 31.9 Å². The SMILES string of the molecule is CCNC(=NCc1cccc(OC)n1)N(C)CCC1CCOCC1. The standard InChI is InChI=1S/C18H30N4O2/c1-4-19-18(20-14-16-6-5-7-17(21-16)23-3)22(2)11-8-15-9-12-24-13-10-15/h5-7,15H,4,8-14H2,1-3H3,(H,19,20). The lowest BCUT2D eigenvalue weighted by Gasteiger charge is -2.26. The van der Waals surface area contributed by atoms with Crippen molar-refractivity contribution in [2.75, 3.05) is 40.5 Å². The smallest absolute Gasteiger partial charge is 0.213 e. The molecule has 0 saturated carbocycles. The van der Waals surface area contributed by atoms with Crippen molar-refractivity contribution >= 4 is 5.96 Å². The summed E-state index contributed by atoms with van der Waals surface area (Å²) < 4.78 is 10.6. The van der Waals surface area contributed by atoms with Gasteiger partial charge in [0.05, 0.1) is 19.3 Å². The van der Waals surface area contributed by atoms with Crippen LogP contribution in [0.15, 0.2) is 23.2 Å². The normalized spacial score (nSPS) is 16.0. The molecular formula is C18H30N4O2. The first-order valence-electron chi connectivity index (χ1n) is 8.80. The highest BCUT2D eigenvalue weighted by molar-refractivity contribution is 5.79. The maximum atomic E-state index is 5.43. The van der Waals surface area contributed by atoms with Crippen molar-refractivity contribution in [1.82, 2.24) is 15.2 Å². The first kappa shape index (κ1) is 18.5. The number of hydrogen-bond donors (Lipinski definition) is 1. The zero-order valence-corrected chi connectivity index (χ0v) is 15.1. The molecular weight excluding hydrogens is 304 g/mol. The Morgan fingerprint density at radius 2 is 2.21 bits per heavy atom. The van der Waals surface area contributed by atoms with Gasteiger partial charge in [0, 0.05) is 39.4 Å². The molecule has 0 amide bonds. The molecule has 6 nitrogen and oxygen atoms in total. The van der Waals surface area contributed by atoms with E-state index in [0.29, 0.717) is 12.4 Å². The quantitative estimate of drug-likeness (QED) is 0.612. The molecule has 1 fully saturated rings. The van der Waals surface area contributed by atoms with Crippen LogP contribution in [0.3, 0.4) is 0 Å². The lowest BCUT2D eigenvalue weighted by molar-refractivity contribution is 0.0625. The minimum Gasteiger partial charge on any atom is -0.481 e. The second-order valence-electron chi connectivity index (χ2n) is 6.11. The number of guanidine groups is 1. The molecule has 0 unspecified atom stereocenters. The van der Waals surface area contributed by atoms with Gasteiger partial charge in [0.2, 0.25) is 5.88 Å². The number of pyridine rings is 1. The predicted molar refractivity (Wildman–Crippen MR) is 96.4 cm³/mol. The molecule has 0 aromatic carbocycles. The van der Waals surface area contributed by atoms with E-state index in [-0.39, 0.29) is 0 Å². The van der Waals surface area contributed by atoms with E-state index in [1.54, 1.807) is 7.11 Å². The third-order valence-electron chi connectivity index (χ3n) is 4.29. The highest BCUT2D eigenvalue weighted by atomic mass is 16.5. The van der Waals surface area contributed by atoms with Crippen LogP contribution in [0.25, 0.3) is 0 Å². The van der Waals surface area contributed by atoms with Crippen LogP contribution in [-0.4, -0.2) is 56.3 Å². The molecule has 0 bridgehead atoms. The zero-order chi connectivity index (χ0) is 17.2. The largest absolute Gasteiger partial charge is 0.481 e. The lowest BCUT2D eigenvalue weighted by Crippen LogP contribution is -2.40. The number of ether oxygens (including phenoxy) is 2.